The Bertz CT molecular complexity index is 570. The average molecular weight is 278 g/mol. The monoisotopic (exact) mass is 278 g/mol. The van der Waals surface area contributed by atoms with Gasteiger partial charge in [0.25, 0.3) is 5.69 Å². The van der Waals surface area contributed by atoms with Crippen LogP contribution in [-0.2, 0) is 6.42 Å². The number of aryl methyl sites for hydroxylation is 1. The van der Waals surface area contributed by atoms with Gasteiger partial charge in [-0.3, -0.25) is 10.1 Å². The Labute approximate surface area is 114 Å². The number of benzene rings is 1. The van der Waals surface area contributed by atoms with E-state index in [1.165, 1.54) is 17.4 Å². The van der Waals surface area contributed by atoms with Crippen LogP contribution in [0.25, 0.3) is 10.6 Å². The number of aromatic nitrogens is 2. The normalized spacial score (nSPS) is 10.6. The zero-order valence-corrected chi connectivity index (χ0v) is 11.3. The zero-order chi connectivity index (χ0) is 13.7. The van der Waals surface area contributed by atoms with Gasteiger partial charge in [0, 0.05) is 12.5 Å². The molecule has 0 radical (unpaired) electrons. The summed E-state index contributed by atoms with van der Waals surface area (Å²) in [5, 5.41) is 23.7. The second kappa shape index (κ2) is 6.35. The van der Waals surface area contributed by atoms with E-state index in [1.54, 1.807) is 18.2 Å². The first-order chi connectivity index (χ1) is 9.22. The van der Waals surface area contributed by atoms with Gasteiger partial charge in [-0.2, -0.15) is 0 Å². The van der Waals surface area contributed by atoms with Crippen LogP contribution in [0.5, 0.6) is 0 Å². The Balaban J connectivity index is 2.21. The third kappa shape index (κ3) is 3.33. The van der Waals surface area contributed by atoms with Gasteiger partial charge in [0.05, 0.1) is 10.5 Å². The molecule has 0 aliphatic carbocycles. The fraction of sp³-hybridized carbons (Fsp3) is 0.333. The van der Waals surface area contributed by atoms with Crippen molar-refractivity contribution in [1.29, 1.82) is 0 Å². The van der Waals surface area contributed by atoms with E-state index in [9.17, 15) is 10.1 Å². The molecule has 0 bridgehead atoms. The van der Waals surface area contributed by atoms with E-state index in [-0.39, 0.29) is 5.69 Å². The highest BCUT2D eigenvalue weighted by Crippen LogP contribution is 2.31. The number of hydrogen-bond donors (Lipinski definition) is 1. The summed E-state index contributed by atoms with van der Waals surface area (Å²) in [6, 6.07) is 6.61. The van der Waals surface area contributed by atoms with Gasteiger partial charge in [-0.25, -0.2) is 0 Å². The van der Waals surface area contributed by atoms with Gasteiger partial charge >= 0.3 is 0 Å². The molecule has 0 aliphatic rings. The average Bonchev–Trinajstić information content (AvgIpc) is 2.88. The first-order valence-corrected chi connectivity index (χ1v) is 6.75. The highest BCUT2D eigenvalue weighted by atomic mass is 32.1. The lowest BCUT2D eigenvalue weighted by molar-refractivity contribution is -0.384. The molecule has 1 aromatic carbocycles. The fourth-order valence-corrected chi connectivity index (χ4v) is 2.61. The number of rotatable bonds is 6. The second-order valence-electron chi connectivity index (χ2n) is 3.98. The van der Waals surface area contributed by atoms with Gasteiger partial charge in [0.1, 0.15) is 5.01 Å². The van der Waals surface area contributed by atoms with Gasteiger partial charge in [-0.1, -0.05) is 23.5 Å². The lowest BCUT2D eigenvalue weighted by atomic mass is 10.2. The van der Waals surface area contributed by atoms with Crippen LogP contribution in [0.2, 0.25) is 0 Å². The van der Waals surface area contributed by atoms with Crippen molar-refractivity contribution >= 4 is 17.0 Å². The minimum absolute atomic E-state index is 0.0698. The predicted octanol–water partition coefficient (Wildman–Crippen LogP) is 2.27. The quantitative estimate of drug-likeness (QED) is 0.498. The van der Waals surface area contributed by atoms with Crippen LogP contribution < -0.4 is 5.32 Å². The number of nitrogens with one attached hydrogen (secondary N) is 1. The zero-order valence-electron chi connectivity index (χ0n) is 10.5. The van der Waals surface area contributed by atoms with Crippen LogP contribution in [-0.4, -0.2) is 28.7 Å². The van der Waals surface area contributed by atoms with Gasteiger partial charge in [0.15, 0.2) is 5.01 Å². The Hall–Kier alpha value is -1.86. The molecule has 1 heterocycles. The lowest BCUT2D eigenvalue weighted by Gasteiger charge is -1.97. The second-order valence-corrected chi connectivity index (χ2v) is 5.04. The number of hydrogen-bond acceptors (Lipinski definition) is 6. The molecule has 19 heavy (non-hydrogen) atoms. The van der Waals surface area contributed by atoms with Crippen molar-refractivity contribution in [2.45, 2.75) is 12.8 Å². The topological polar surface area (TPSA) is 81.0 Å². The maximum Gasteiger partial charge on any atom is 0.279 e. The molecule has 0 amide bonds. The molecule has 0 unspecified atom stereocenters. The minimum Gasteiger partial charge on any atom is -0.320 e. The fourth-order valence-electron chi connectivity index (χ4n) is 1.69. The van der Waals surface area contributed by atoms with Gasteiger partial charge in [-0.05, 0) is 26.1 Å². The molecule has 1 aromatic heterocycles. The summed E-state index contributed by atoms with van der Waals surface area (Å²) in [6.07, 6.45) is 1.81. The van der Waals surface area contributed by atoms with Crippen LogP contribution in [0.15, 0.2) is 24.3 Å². The van der Waals surface area contributed by atoms with E-state index in [1.807, 2.05) is 7.05 Å². The van der Waals surface area contributed by atoms with Crippen molar-refractivity contribution in [3.8, 4) is 10.6 Å². The highest BCUT2D eigenvalue weighted by Gasteiger charge is 2.17. The van der Waals surface area contributed by atoms with Crippen molar-refractivity contribution in [3.63, 3.8) is 0 Å². The third-order valence-electron chi connectivity index (χ3n) is 2.62. The van der Waals surface area contributed by atoms with E-state index >= 15 is 0 Å². The van der Waals surface area contributed by atoms with Crippen LogP contribution in [0, 0.1) is 10.1 Å². The molecule has 100 valence electrons. The summed E-state index contributed by atoms with van der Waals surface area (Å²) in [4.78, 5) is 10.6. The first kappa shape index (κ1) is 13.6. The first-order valence-electron chi connectivity index (χ1n) is 5.93. The molecule has 2 aromatic rings. The van der Waals surface area contributed by atoms with Crippen LogP contribution in [0.3, 0.4) is 0 Å². The largest absolute Gasteiger partial charge is 0.320 e. The summed E-state index contributed by atoms with van der Waals surface area (Å²) in [6.45, 7) is 0.917. The van der Waals surface area contributed by atoms with Crippen molar-refractivity contribution < 1.29 is 4.92 Å². The standard InChI is InChI=1S/C12H14N4O2S/c1-13-8-4-7-11-14-15-12(19-11)9-5-2-3-6-10(9)16(17)18/h2-3,5-6,13H,4,7-8H2,1H3. The van der Waals surface area contributed by atoms with E-state index in [0.29, 0.717) is 10.6 Å². The Morgan fingerprint density at radius 2 is 2.16 bits per heavy atom. The van der Waals surface area contributed by atoms with Gasteiger partial charge in [0.2, 0.25) is 0 Å². The third-order valence-corrected chi connectivity index (χ3v) is 3.63. The number of nitrogens with zero attached hydrogens (tertiary/aromatic N) is 3. The number of nitro benzene ring substituents is 1. The maximum absolute atomic E-state index is 11.0. The SMILES string of the molecule is CNCCCc1nnc(-c2ccccc2[N+](=O)[O-])s1. The van der Waals surface area contributed by atoms with Crippen LogP contribution in [0.1, 0.15) is 11.4 Å². The van der Waals surface area contributed by atoms with E-state index in [2.05, 4.69) is 15.5 Å². The summed E-state index contributed by atoms with van der Waals surface area (Å²) in [5.41, 5.74) is 0.602. The molecule has 0 spiro atoms. The molecule has 0 fully saturated rings. The van der Waals surface area contributed by atoms with Crippen molar-refractivity contribution in [3.05, 3.63) is 39.4 Å². The molecule has 0 saturated carbocycles. The summed E-state index contributed by atoms with van der Waals surface area (Å²) >= 11 is 1.41. The van der Waals surface area contributed by atoms with Crippen LogP contribution in [0.4, 0.5) is 5.69 Å². The number of para-hydroxylation sites is 1. The Morgan fingerprint density at radius 3 is 2.89 bits per heavy atom. The molecule has 0 aliphatic heterocycles. The molecule has 1 N–H and O–H groups in total. The summed E-state index contributed by atoms with van der Waals surface area (Å²) in [7, 11) is 1.90. The number of nitro groups is 1. The summed E-state index contributed by atoms with van der Waals surface area (Å²) in [5.74, 6) is 0. The van der Waals surface area contributed by atoms with Crippen molar-refractivity contribution in [1.82, 2.24) is 15.5 Å². The molecular formula is C12H14N4O2S. The van der Waals surface area contributed by atoms with E-state index in [4.69, 9.17) is 0 Å². The molecule has 0 saturated heterocycles. The summed E-state index contributed by atoms with van der Waals surface area (Å²) < 4.78 is 0. The van der Waals surface area contributed by atoms with E-state index < -0.39 is 4.92 Å². The predicted molar refractivity (Wildman–Crippen MR) is 74.2 cm³/mol. The molecule has 2 rings (SSSR count). The van der Waals surface area contributed by atoms with Gasteiger partial charge in [-0.15, -0.1) is 10.2 Å². The Kier molecular flexibility index (Phi) is 4.53. The minimum atomic E-state index is -0.391. The van der Waals surface area contributed by atoms with Gasteiger partial charge < -0.3 is 5.32 Å². The molecular weight excluding hydrogens is 264 g/mol. The van der Waals surface area contributed by atoms with Crippen molar-refractivity contribution in [2.24, 2.45) is 0 Å². The molecule has 7 heteroatoms. The molecule has 6 nitrogen and oxygen atoms in total. The Morgan fingerprint density at radius 1 is 1.37 bits per heavy atom. The smallest absolute Gasteiger partial charge is 0.279 e. The maximum atomic E-state index is 11.0. The van der Waals surface area contributed by atoms with Crippen LogP contribution >= 0.6 is 11.3 Å². The van der Waals surface area contributed by atoms with E-state index in [0.717, 1.165) is 24.4 Å². The highest BCUT2D eigenvalue weighted by molar-refractivity contribution is 7.14. The van der Waals surface area contributed by atoms with Crippen molar-refractivity contribution in [2.75, 3.05) is 13.6 Å². The molecule has 0 atom stereocenters. The lowest BCUT2D eigenvalue weighted by Crippen LogP contribution is -2.08.